The van der Waals surface area contributed by atoms with Gasteiger partial charge in [0, 0.05) is 4.47 Å². The molecule has 0 aliphatic rings. The van der Waals surface area contributed by atoms with Crippen LogP contribution in [0.2, 0.25) is 0 Å². The van der Waals surface area contributed by atoms with Crippen LogP contribution in [-0.4, -0.2) is 0 Å². The molecule has 0 bridgehead atoms. The highest BCUT2D eigenvalue weighted by molar-refractivity contribution is 9.12. The molecule has 0 saturated carbocycles. The van der Waals surface area contributed by atoms with Gasteiger partial charge in [0.2, 0.25) is 0 Å². The van der Waals surface area contributed by atoms with Crippen LogP contribution in [0.4, 0.5) is 0 Å². The lowest BCUT2D eigenvalue weighted by Crippen LogP contribution is -1.95. The van der Waals surface area contributed by atoms with E-state index in [4.69, 9.17) is 0 Å². The van der Waals surface area contributed by atoms with Crippen molar-refractivity contribution in [3.8, 4) is 0 Å². The van der Waals surface area contributed by atoms with Crippen molar-refractivity contribution in [3.05, 3.63) is 53.0 Å². The average molecular weight is 504 g/mol. The molecule has 0 spiro atoms. The Bertz CT molecular complexity index is 547. The van der Waals surface area contributed by atoms with E-state index in [0.717, 1.165) is 12.0 Å². The molecular weight excluding hydrogens is 496 g/mol. The van der Waals surface area contributed by atoms with E-state index in [-0.39, 0.29) is 4.83 Å². The molecule has 1 unspecified atom stereocenters. The van der Waals surface area contributed by atoms with Crippen LogP contribution in [0.25, 0.3) is 0 Å². The first-order valence-corrected chi connectivity index (χ1v) is 8.95. The number of thiophene rings is 1. The molecule has 0 N–H and O–H groups in total. The summed E-state index contributed by atoms with van der Waals surface area (Å²) in [7, 11) is 0. The summed E-state index contributed by atoms with van der Waals surface area (Å²) in [5.74, 6) is 0. The molecule has 0 amide bonds. The van der Waals surface area contributed by atoms with Crippen LogP contribution in [0.1, 0.15) is 21.5 Å². The Labute approximate surface area is 138 Å². The molecule has 17 heavy (non-hydrogen) atoms. The Hall–Kier alpha value is 0.840. The summed E-state index contributed by atoms with van der Waals surface area (Å²) >= 11 is 16.1. The number of rotatable bonds is 2. The van der Waals surface area contributed by atoms with Crippen molar-refractivity contribution in [2.24, 2.45) is 0 Å². The second kappa shape index (κ2) is 5.87. The van der Waals surface area contributed by atoms with Gasteiger partial charge in [-0.2, -0.15) is 0 Å². The van der Waals surface area contributed by atoms with Gasteiger partial charge in [-0.05, 0) is 73.7 Å². The molecule has 5 heteroatoms. The van der Waals surface area contributed by atoms with E-state index < -0.39 is 0 Å². The van der Waals surface area contributed by atoms with Gasteiger partial charge in [0.15, 0.2) is 0 Å². The van der Waals surface area contributed by atoms with Crippen LogP contribution in [0.3, 0.4) is 0 Å². The molecule has 0 radical (unpaired) electrons. The number of alkyl halides is 1. The van der Waals surface area contributed by atoms with Gasteiger partial charge in [-0.25, -0.2) is 0 Å². The smallest absolute Gasteiger partial charge is 0.0757 e. The maximum absolute atomic E-state index is 3.78. The van der Waals surface area contributed by atoms with E-state index in [1.807, 2.05) is 0 Å². The summed E-state index contributed by atoms with van der Waals surface area (Å²) < 4.78 is 3.40. The van der Waals surface area contributed by atoms with Gasteiger partial charge in [0.25, 0.3) is 0 Å². The number of halogens is 4. The minimum absolute atomic E-state index is 0.205. The molecular formula is C12H8Br4S. The zero-order valence-corrected chi connectivity index (χ0v) is 16.0. The lowest BCUT2D eigenvalue weighted by atomic mass is 10.0. The molecule has 1 atom stereocenters. The molecule has 0 aliphatic carbocycles. The predicted molar refractivity (Wildman–Crippen MR) is 89.4 cm³/mol. The summed E-state index contributed by atoms with van der Waals surface area (Å²) in [6, 6.07) is 8.50. The minimum atomic E-state index is 0.205. The van der Waals surface area contributed by atoms with E-state index in [0.29, 0.717) is 0 Å². The third-order valence-corrected chi connectivity index (χ3v) is 6.34. The molecule has 1 aromatic heterocycles. The summed E-state index contributed by atoms with van der Waals surface area (Å²) in [6.45, 7) is 2.13. The highest BCUT2D eigenvalue weighted by Crippen LogP contribution is 2.43. The largest absolute Gasteiger partial charge is 0.121 e. The van der Waals surface area contributed by atoms with Crippen molar-refractivity contribution in [2.45, 2.75) is 11.8 Å². The fraction of sp³-hybridized carbons (Fsp3) is 0.167. The maximum atomic E-state index is 3.78. The first kappa shape index (κ1) is 14.3. The SMILES string of the molecule is Cc1ccc(Br)cc1C(Br)c1cc(Br)sc1Br. The van der Waals surface area contributed by atoms with Gasteiger partial charge in [-0.15, -0.1) is 11.3 Å². The Morgan fingerprint density at radius 3 is 2.35 bits per heavy atom. The van der Waals surface area contributed by atoms with Gasteiger partial charge in [0.05, 0.1) is 12.4 Å². The van der Waals surface area contributed by atoms with Crippen molar-refractivity contribution in [2.75, 3.05) is 0 Å². The standard InChI is InChI=1S/C12H8Br4S/c1-6-2-3-7(13)4-8(6)11(15)9-5-10(14)17-12(9)16/h2-5,11H,1H3. The van der Waals surface area contributed by atoms with Gasteiger partial charge in [-0.3, -0.25) is 0 Å². The van der Waals surface area contributed by atoms with Crippen molar-refractivity contribution in [3.63, 3.8) is 0 Å². The van der Waals surface area contributed by atoms with E-state index in [1.165, 1.54) is 16.7 Å². The first-order valence-electron chi connectivity index (χ1n) is 4.84. The fourth-order valence-corrected chi connectivity index (χ4v) is 6.17. The van der Waals surface area contributed by atoms with Crippen LogP contribution in [0, 0.1) is 6.92 Å². The Kier molecular flexibility index (Phi) is 4.92. The van der Waals surface area contributed by atoms with Crippen molar-refractivity contribution in [1.29, 1.82) is 0 Å². The van der Waals surface area contributed by atoms with Crippen LogP contribution >= 0.6 is 75.1 Å². The molecule has 2 aromatic rings. The molecule has 0 fully saturated rings. The van der Waals surface area contributed by atoms with Gasteiger partial charge in [-0.1, -0.05) is 37.9 Å². The van der Waals surface area contributed by atoms with Gasteiger partial charge >= 0.3 is 0 Å². The molecule has 2 rings (SSSR count). The molecule has 0 saturated heterocycles. The van der Waals surface area contributed by atoms with E-state index in [1.54, 1.807) is 11.3 Å². The van der Waals surface area contributed by atoms with Crippen LogP contribution in [0.15, 0.2) is 36.3 Å². The Morgan fingerprint density at radius 2 is 1.76 bits per heavy atom. The van der Waals surface area contributed by atoms with Crippen LogP contribution < -0.4 is 0 Å². The van der Waals surface area contributed by atoms with E-state index in [9.17, 15) is 0 Å². The van der Waals surface area contributed by atoms with Gasteiger partial charge < -0.3 is 0 Å². The highest BCUT2D eigenvalue weighted by atomic mass is 79.9. The molecule has 0 nitrogen and oxygen atoms in total. The summed E-state index contributed by atoms with van der Waals surface area (Å²) in [5, 5.41) is 0. The van der Waals surface area contributed by atoms with E-state index in [2.05, 4.69) is 94.9 Å². The zero-order valence-electron chi connectivity index (χ0n) is 8.81. The normalized spacial score (nSPS) is 12.8. The van der Waals surface area contributed by atoms with Crippen molar-refractivity contribution < 1.29 is 0 Å². The van der Waals surface area contributed by atoms with Crippen molar-refractivity contribution in [1.82, 2.24) is 0 Å². The lowest BCUT2D eigenvalue weighted by molar-refractivity contribution is 1.14. The second-order valence-corrected chi connectivity index (χ2v) is 9.22. The second-order valence-electron chi connectivity index (χ2n) is 3.64. The topological polar surface area (TPSA) is 0 Å². The quantitative estimate of drug-likeness (QED) is 0.394. The number of aryl methyl sites for hydroxylation is 1. The van der Waals surface area contributed by atoms with Gasteiger partial charge in [0.1, 0.15) is 0 Å². The Balaban J connectivity index is 2.46. The zero-order chi connectivity index (χ0) is 12.6. The summed E-state index contributed by atoms with van der Waals surface area (Å²) in [5.41, 5.74) is 3.82. The monoisotopic (exact) mass is 500 g/mol. The first-order chi connectivity index (χ1) is 7.99. The van der Waals surface area contributed by atoms with Crippen molar-refractivity contribution >= 4 is 75.1 Å². The number of hydrogen-bond acceptors (Lipinski definition) is 1. The third kappa shape index (κ3) is 3.24. The van der Waals surface area contributed by atoms with Crippen LogP contribution in [-0.2, 0) is 0 Å². The predicted octanol–water partition coefficient (Wildman–Crippen LogP) is 6.83. The van der Waals surface area contributed by atoms with E-state index >= 15 is 0 Å². The van der Waals surface area contributed by atoms with Crippen LogP contribution in [0.5, 0.6) is 0 Å². The average Bonchev–Trinajstić information content (AvgIpc) is 2.60. The minimum Gasteiger partial charge on any atom is -0.121 e. The maximum Gasteiger partial charge on any atom is 0.0757 e. The highest BCUT2D eigenvalue weighted by Gasteiger charge is 2.18. The summed E-state index contributed by atoms with van der Waals surface area (Å²) in [6.07, 6.45) is 0. The number of benzene rings is 1. The molecule has 0 aliphatic heterocycles. The molecule has 90 valence electrons. The number of hydrogen-bond donors (Lipinski definition) is 0. The fourth-order valence-electron chi connectivity index (χ4n) is 1.58. The molecule has 1 heterocycles. The lowest BCUT2D eigenvalue weighted by Gasteiger charge is -2.13. The summed E-state index contributed by atoms with van der Waals surface area (Å²) in [4.78, 5) is 0.205. The Morgan fingerprint density at radius 1 is 1.06 bits per heavy atom. The molecule has 1 aromatic carbocycles. The third-order valence-electron chi connectivity index (χ3n) is 2.47.